The van der Waals surface area contributed by atoms with Crippen molar-refractivity contribution >= 4 is 5.91 Å². The average molecular weight is 262 g/mol. The molecule has 1 amide bonds. The van der Waals surface area contributed by atoms with Crippen molar-refractivity contribution in [2.75, 3.05) is 13.1 Å². The summed E-state index contributed by atoms with van der Waals surface area (Å²) in [5, 5.41) is 9.43. The lowest BCUT2D eigenvalue weighted by Crippen LogP contribution is -2.51. The number of hydrogen-bond donors (Lipinski definition) is 2. The number of nitrogens with two attached hydrogens (primary N) is 1. The van der Waals surface area contributed by atoms with E-state index in [2.05, 4.69) is 6.92 Å². The lowest BCUT2D eigenvalue weighted by molar-refractivity contribution is -0.135. The Hall–Kier alpha value is -1.55. The van der Waals surface area contributed by atoms with Gasteiger partial charge < -0.3 is 15.7 Å². The van der Waals surface area contributed by atoms with E-state index in [1.54, 1.807) is 18.2 Å². The monoisotopic (exact) mass is 262 g/mol. The number of carbonyl (C=O) groups excluding carboxylic acids is 1. The normalized spacial score (nSPS) is 23.4. The first-order chi connectivity index (χ1) is 9.11. The molecule has 0 radical (unpaired) electrons. The van der Waals surface area contributed by atoms with Crippen LogP contribution in [-0.4, -0.2) is 35.0 Å². The minimum Gasteiger partial charge on any atom is -0.508 e. The highest BCUT2D eigenvalue weighted by Crippen LogP contribution is 2.23. The second-order valence-corrected chi connectivity index (χ2v) is 5.36. The van der Waals surface area contributed by atoms with Crippen molar-refractivity contribution in [3.63, 3.8) is 0 Å². The van der Waals surface area contributed by atoms with Crippen molar-refractivity contribution in [1.82, 2.24) is 4.90 Å². The van der Waals surface area contributed by atoms with E-state index in [9.17, 15) is 9.90 Å². The number of phenolic OH excluding ortho intramolecular Hbond substituents is 1. The first-order valence-electron chi connectivity index (χ1n) is 6.89. The molecule has 19 heavy (non-hydrogen) atoms. The molecule has 104 valence electrons. The van der Waals surface area contributed by atoms with Crippen LogP contribution in [0.4, 0.5) is 0 Å². The largest absolute Gasteiger partial charge is 0.508 e. The molecule has 1 fully saturated rings. The molecule has 2 atom stereocenters. The third-order valence-corrected chi connectivity index (χ3v) is 3.94. The van der Waals surface area contributed by atoms with E-state index in [-0.39, 0.29) is 17.7 Å². The molecule has 1 aromatic carbocycles. The summed E-state index contributed by atoms with van der Waals surface area (Å²) in [7, 11) is 0. The van der Waals surface area contributed by atoms with E-state index >= 15 is 0 Å². The number of phenols is 1. The summed E-state index contributed by atoms with van der Waals surface area (Å²) >= 11 is 0. The fourth-order valence-corrected chi connectivity index (χ4v) is 2.86. The summed E-state index contributed by atoms with van der Waals surface area (Å²) in [6.07, 6.45) is 2.51. The van der Waals surface area contributed by atoms with Crippen LogP contribution in [0, 0.1) is 5.92 Å². The highest BCUT2D eigenvalue weighted by molar-refractivity contribution is 5.79. The van der Waals surface area contributed by atoms with E-state index in [4.69, 9.17) is 5.73 Å². The smallest absolute Gasteiger partial charge is 0.227 e. The zero-order valence-corrected chi connectivity index (χ0v) is 11.4. The lowest BCUT2D eigenvalue weighted by atomic mass is 9.90. The molecule has 1 aliphatic heterocycles. The van der Waals surface area contributed by atoms with Gasteiger partial charge in [0.1, 0.15) is 5.75 Å². The summed E-state index contributed by atoms with van der Waals surface area (Å²) in [5.41, 5.74) is 6.65. The third-order valence-electron chi connectivity index (χ3n) is 3.94. The van der Waals surface area contributed by atoms with Gasteiger partial charge in [-0.25, -0.2) is 0 Å². The molecular weight excluding hydrogens is 240 g/mol. The topological polar surface area (TPSA) is 66.6 Å². The lowest BCUT2D eigenvalue weighted by Gasteiger charge is -2.39. The van der Waals surface area contributed by atoms with Gasteiger partial charge in [-0.1, -0.05) is 19.1 Å². The number of nitrogens with zero attached hydrogens (tertiary/aromatic N) is 1. The van der Waals surface area contributed by atoms with Gasteiger partial charge in [0.25, 0.3) is 0 Å². The summed E-state index contributed by atoms with van der Waals surface area (Å²) in [6, 6.07) is 7.03. The first-order valence-corrected chi connectivity index (χ1v) is 6.89. The van der Waals surface area contributed by atoms with Gasteiger partial charge in [0.2, 0.25) is 5.91 Å². The van der Waals surface area contributed by atoms with E-state index in [0.717, 1.165) is 24.9 Å². The van der Waals surface area contributed by atoms with E-state index in [0.29, 0.717) is 18.9 Å². The predicted octanol–water partition coefficient (Wildman–Crippen LogP) is 1.52. The molecule has 1 aliphatic rings. The van der Waals surface area contributed by atoms with Crippen molar-refractivity contribution < 1.29 is 9.90 Å². The zero-order chi connectivity index (χ0) is 13.8. The number of piperidine rings is 1. The van der Waals surface area contributed by atoms with Gasteiger partial charge in [-0.15, -0.1) is 0 Å². The molecule has 4 heteroatoms. The Morgan fingerprint density at radius 3 is 3.00 bits per heavy atom. The molecule has 0 spiro atoms. The fourth-order valence-electron chi connectivity index (χ4n) is 2.86. The van der Waals surface area contributed by atoms with Crippen molar-refractivity contribution in [3.8, 4) is 5.75 Å². The minimum absolute atomic E-state index is 0.104. The average Bonchev–Trinajstić information content (AvgIpc) is 2.38. The second-order valence-electron chi connectivity index (χ2n) is 5.36. The molecule has 3 N–H and O–H groups in total. The van der Waals surface area contributed by atoms with Gasteiger partial charge in [-0.3, -0.25) is 4.79 Å². The first kappa shape index (κ1) is 13.9. The van der Waals surface area contributed by atoms with Gasteiger partial charge in [0, 0.05) is 19.1 Å². The fraction of sp³-hybridized carbons (Fsp3) is 0.533. The Morgan fingerprint density at radius 1 is 1.53 bits per heavy atom. The predicted molar refractivity (Wildman–Crippen MR) is 74.8 cm³/mol. The van der Waals surface area contributed by atoms with Crippen LogP contribution in [0.15, 0.2) is 24.3 Å². The molecular formula is C15H22N2O2. The molecule has 2 unspecified atom stereocenters. The molecule has 1 heterocycles. The SMILES string of the molecule is CC1CCCN(C(=O)Cc2cccc(O)c2)C1CN. The van der Waals surface area contributed by atoms with Crippen molar-refractivity contribution in [3.05, 3.63) is 29.8 Å². The number of rotatable bonds is 3. The molecule has 2 rings (SSSR count). The third kappa shape index (κ3) is 3.26. The Bertz CT molecular complexity index is 448. The van der Waals surface area contributed by atoms with E-state index in [1.807, 2.05) is 11.0 Å². The van der Waals surface area contributed by atoms with Crippen LogP contribution < -0.4 is 5.73 Å². The number of carbonyl (C=O) groups is 1. The van der Waals surface area contributed by atoms with Crippen LogP contribution in [0.5, 0.6) is 5.75 Å². The number of hydrogen-bond acceptors (Lipinski definition) is 3. The van der Waals surface area contributed by atoms with Crippen LogP contribution in [0.2, 0.25) is 0 Å². The van der Waals surface area contributed by atoms with Gasteiger partial charge in [0.05, 0.1) is 6.42 Å². The minimum atomic E-state index is 0.104. The highest BCUT2D eigenvalue weighted by atomic mass is 16.3. The van der Waals surface area contributed by atoms with E-state index in [1.165, 1.54) is 0 Å². The maximum atomic E-state index is 12.4. The molecule has 0 saturated carbocycles. The number of amides is 1. The summed E-state index contributed by atoms with van der Waals surface area (Å²) < 4.78 is 0. The van der Waals surface area contributed by atoms with Crippen LogP contribution in [0.1, 0.15) is 25.3 Å². The molecule has 0 bridgehead atoms. The molecule has 4 nitrogen and oxygen atoms in total. The van der Waals surface area contributed by atoms with E-state index < -0.39 is 0 Å². The highest BCUT2D eigenvalue weighted by Gasteiger charge is 2.30. The van der Waals surface area contributed by atoms with Crippen molar-refractivity contribution in [2.45, 2.75) is 32.2 Å². The summed E-state index contributed by atoms with van der Waals surface area (Å²) in [5.74, 6) is 0.771. The zero-order valence-electron chi connectivity index (χ0n) is 11.4. The Labute approximate surface area is 114 Å². The molecule has 0 aromatic heterocycles. The second kappa shape index (κ2) is 6.06. The number of likely N-dealkylation sites (tertiary alicyclic amines) is 1. The molecule has 1 aromatic rings. The number of aromatic hydroxyl groups is 1. The Kier molecular flexibility index (Phi) is 4.43. The van der Waals surface area contributed by atoms with Crippen LogP contribution in [0.25, 0.3) is 0 Å². The van der Waals surface area contributed by atoms with Gasteiger partial charge in [-0.05, 0) is 36.5 Å². The van der Waals surface area contributed by atoms with Crippen LogP contribution >= 0.6 is 0 Å². The quantitative estimate of drug-likeness (QED) is 0.868. The maximum Gasteiger partial charge on any atom is 0.227 e. The Morgan fingerprint density at radius 2 is 2.32 bits per heavy atom. The van der Waals surface area contributed by atoms with Crippen LogP contribution in [-0.2, 0) is 11.2 Å². The summed E-state index contributed by atoms with van der Waals surface area (Å²) in [4.78, 5) is 14.3. The summed E-state index contributed by atoms with van der Waals surface area (Å²) in [6.45, 7) is 3.47. The number of benzene rings is 1. The van der Waals surface area contributed by atoms with Crippen molar-refractivity contribution in [2.24, 2.45) is 11.7 Å². The van der Waals surface area contributed by atoms with Crippen LogP contribution in [0.3, 0.4) is 0 Å². The van der Waals surface area contributed by atoms with Crippen molar-refractivity contribution in [1.29, 1.82) is 0 Å². The molecule has 0 aliphatic carbocycles. The maximum absolute atomic E-state index is 12.4. The van der Waals surface area contributed by atoms with Gasteiger partial charge in [-0.2, -0.15) is 0 Å². The molecule has 1 saturated heterocycles. The standard InChI is InChI=1S/C15H22N2O2/c1-11-4-3-7-17(14(11)10-16)15(19)9-12-5-2-6-13(18)8-12/h2,5-6,8,11,14,18H,3-4,7,9-10,16H2,1H3. The Balaban J connectivity index is 2.06. The van der Waals surface area contributed by atoms with Gasteiger partial charge >= 0.3 is 0 Å². The van der Waals surface area contributed by atoms with Gasteiger partial charge in [0.15, 0.2) is 0 Å².